The number of rotatable bonds is 9. The van der Waals surface area contributed by atoms with Crippen LogP contribution in [0.4, 0.5) is 0 Å². The molecule has 0 aromatic heterocycles. The molecule has 0 bridgehead atoms. The Bertz CT molecular complexity index is 356. The van der Waals surface area contributed by atoms with Crippen LogP contribution in [0.5, 0.6) is 0 Å². The van der Waals surface area contributed by atoms with Crippen LogP contribution < -0.4 is 5.73 Å². The first-order valence-electron chi connectivity index (χ1n) is 8.37. The Hall–Kier alpha value is -0.510. The van der Waals surface area contributed by atoms with E-state index in [1.165, 1.54) is 39.2 Å². The van der Waals surface area contributed by atoms with Gasteiger partial charge in [0.15, 0.2) is 12.4 Å². The third kappa shape index (κ3) is 7.66. The molecule has 1 rings (SSSR count). The molecule has 3 atom stereocenters. The van der Waals surface area contributed by atoms with Gasteiger partial charge in [-0.1, -0.05) is 46.0 Å². The first kappa shape index (κ1) is 19.5. The van der Waals surface area contributed by atoms with Crippen molar-refractivity contribution in [1.29, 1.82) is 0 Å². The normalized spacial score (nSPS) is 19.8. The third-order valence-corrected chi connectivity index (χ3v) is 5.45. The van der Waals surface area contributed by atoms with Crippen LogP contribution in [-0.4, -0.2) is 25.5 Å². The molecule has 0 aromatic rings. The highest BCUT2D eigenvalue weighted by Crippen LogP contribution is 2.33. The number of carbonyl (C=O) groups excluding carboxylic acids is 1. The minimum Gasteiger partial charge on any atom is -0.469 e. The predicted octanol–water partition coefficient (Wildman–Crippen LogP) is 3.84. The minimum atomic E-state index is -1.93. The lowest BCUT2D eigenvalue weighted by Crippen LogP contribution is -2.27. The van der Waals surface area contributed by atoms with Gasteiger partial charge in [-0.3, -0.25) is 4.79 Å². The van der Waals surface area contributed by atoms with E-state index in [0.29, 0.717) is 18.3 Å². The van der Waals surface area contributed by atoms with Crippen LogP contribution in [0.2, 0.25) is 0 Å². The van der Waals surface area contributed by atoms with Gasteiger partial charge in [-0.15, -0.1) is 4.52 Å². The summed E-state index contributed by atoms with van der Waals surface area (Å²) in [5.74, 6) is 0.222. The first-order valence-corrected chi connectivity index (χ1v) is 9.73. The lowest BCUT2D eigenvalue weighted by molar-refractivity contribution is -0.145. The van der Waals surface area contributed by atoms with Gasteiger partial charge in [0, 0.05) is 0 Å². The Morgan fingerprint density at radius 1 is 1.27 bits per heavy atom. The van der Waals surface area contributed by atoms with E-state index in [1.54, 1.807) is 0 Å². The summed E-state index contributed by atoms with van der Waals surface area (Å²) >= 11 is 0. The fraction of sp³-hybridized carbons (Fsp3) is 0.938. The summed E-state index contributed by atoms with van der Waals surface area (Å²) in [5, 5.41) is 0. The largest absolute Gasteiger partial charge is 0.510 e. The molecule has 1 fully saturated rings. The van der Waals surface area contributed by atoms with E-state index in [2.05, 4.69) is 0 Å². The van der Waals surface area contributed by atoms with Gasteiger partial charge in [-0.25, -0.2) is 0 Å². The molecule has 0 radical (unpaired) electrons. The second-order valence-corrected chi connectivity index (χ2v) is 7.99. The zero-order valence-corrected chi connectivity index (χ0v) is 15.0. The molecule has 0 heterocycles. The summed E-state index contributed by atoms with van der Waals surface area (Å²) < 4.78 is 22.4. The number of esters is 1. The Balaban J connectivity index is 2.39. The zero-order valence-electron chi connectivity index (χ0n) is 14.1. The van der Waals surface area contributed by atoms with Crippen molar-refractivity contribution in [1.82, 2.24) is 0 Å². The summed E-state index contributed by atoms with van der Waals surface area (Å²) in [7, 11) is -0.571. The van der Waals surface area contributed by atoms with Gasteiger partial charge in [0.25, 0.3) is 0 Å². The molecule has 5 nitrogen and oxygen atoms in total. The van der Waals surface area contributed by atoms with Crippen LogP contribution in [0, 0.1) is 17.8 Å². The fourth-order valence-corrected chi connectivity index (χ4v) is 4.28. The van der Waals surface area contributed by atoms with Gasteiger partial charge < -0.3 is 10.5 Å². The minimum absolute atomic E-state index is 0.193. The maximum atomic E-state index is 12.1. The summed E-state index contributed by atoms with van der Waals surface area (Å²) in [6, 6.07) is 0. The number of ether oxygens (including phenoxy) is 1. The smallest absolute Gasteiger partial charge is 0.469 e. The lowest BCUT2D eigenvalue weighted by atomic mass is 9.87. The molecule has 6 heteroatoms. The first-order chi connectivity index (χ1) is 10.4. The molecule has 128 valence electrons. The molecule has 3 unspecified atom stereocenters. The molecule has 1 aliphatic rings. The SMILES string of the molecule is COC(=O)C(CC(C)C)C[P+](=O)OC(N)CC1CCCCC1. The van der Waals surface area contributed by atoms with Gasteiger partial charge in [0.2, 0.25) is 0 Å². The zero-order chi connectivity index (χ0) is 16.5. The number of methoxy groups -OCH3 is 1. The molecular weight excluding hydrogens is 301 g/mol. The molecule has 2 N–H and O–H groups in total. The second-order valence-electron chi connectivity index (χ2n) is 6.75. The van der Waals surface area contributed by atoms with Crippen molar-refractivity contribution in [3.05, 3.63) is 0 Å². The molecule has 0 spiro atoms. The number of carbonyl (C=O) groups is 1. The van der Waals surface area contributed by atoms with Crippen molar-refractivity contribution in [2.75, 3.05) is 13.3 Å². The van der Waals surface area contributed by atoms with Crippen LogP contribution in [-0.2, 0) is 18.6 Å². The van der Waals surface area contributed by atoms with Gasteiger partial charge in [-0.05, 0) is 29.2 Å². The van der Waals surface area contributed by atoms with Gasteiger partial charge in [-0.2, -0.15) is 0 Å². The van der Waals surface area contributed by atoms with Gasteiger partial charge in [0.05, 0.1) is 7.11 Å². The average molecular weight is 332 g/mol. The van der Waals surface area contributed by atoms with Crippen molar-refractivity contribution < 1.29 is 18.6 Å². The van der Waals surface area contributed by atoms with Crippen molar-refractivity contribution in [2.24, 2.45) is 23.5 Å². The summed E-state index contributed by atoms with van der Waals surface area (Å²) in [5.41, 5.74) is 5.97. The van der Waals surface area contributed by atoms with E-state index in [4.69, 9.17) is 15.0 Å². The molecule has 0 aromatic carbocycles. The Morgan fingerprint density at radius 3 is 2.45 bits per heavy atom. The summed E-state index contributed by atoms with van der Waals surface area (Å²) in [6.07, 6.45) is 7.28. The Morgan fingerprint density at radius 2 is 1.91 bits per heavy atom. The highest BCUT2D eigenvalue weighted by molar-refractivity contribution is 7.39. The quantitative estimate of drug-likeness (QED) is 0.394. The Labute approximate surface area is 135 Å². The summed E-state index contributed by atoms with van der Waals surface area (Å²) in [4.78, 5) is 11.7. The molecule has 22 heavy (non-hydrogen) atoms. The standard InChI is InChI=1S/C16H31NO4P/c1-12(2)9-14(16(18)20-3)11-22(19)21-15(17)10-13-7-5-4-6-8-13/h12-15H,4-11,17H2,1-3H3/q+1. The number of hydrogen-bond donors (Lipinski definition) is 1. The highest BCUT2D eigenvalue weighted by atomic mass is 31.1. The molecular formula is C16H31NO4P+. The van der Waals surface area contributed by atoms with E-state index in [0.717, 1.165) is 6.42 Å². The molecule has 1 aliphatic carbocycles. The van der Waals surface area contributed by atoms with E-state index in [9.17, 15) is 9.36 Å². The Kier molecular flexibility index (Phi) is 9.15. The van der Waals surface area contributed by atoms with Crippen molar-refractivity contribution >= 4 is 14.0 Å². The summed E-state index contributed by atoms with van der Waals surface area (Å²) in [6.45, 7) is 4.05. The third-order valence-electron chi connectivity index (χ3n) is 4.20. The van der Waals surface area contributed by atoms with Crippen molar-refractivity contribution in [2.45, 2.75) is 65.0 Å². The topological polar surface area (TPSA) is 78.6 Å². The van der Waals surface area contributed by atoms with Gasteiger partial charge >= 0.3 is 14.0 Å². The van der Waals surface area contributed by atoms with E-state index < -0.39 is 14.3 Å². The van der Waals surface area contributed by atoms with Crippen molar-refractivity contribution in [3.63, 3.8) is 0 Å². The highest BCUT2D eigenvalue weighted by Gasteiger charge is 2.34. The van der Waals surface area contributed by atoms with Crippen LogP contribution >= 0.6 is 8.03 Å². The van der Waals surface area contributed by atoms with E-state index in [-0.39, 0.29) is 18.0 Å². The molecule has 0 aliphatic heterocycles. The van der Waals surface area contributed by atoms with E-state index >= 15 is 0 Å². The van der Waals surface area contributed by atoms with Gasteiger partial charge in [0.1, 0.15) is 5.92 Å². The van der Waals surface area contributed by atoms with Crippen LogP contribution in [0.15, 0.2) is 0 Å². The average Bonchev–Trinajstić information content (AvgIpc) is 2.46. The maximum Gasteiger partial charge on any atom is 0.510 e. The lowest BCUT2D eigenvalue weighted by Gasteiger charge is -2.22. The van der Waals surface area contributed by atoms with Crippen LogP contribution in [0.3, 0.4) is 0 Å². The van der Waals surface area contributed by atoms with Crippen LogP contribution in [0.1, 0.15) is 58.8 Å². The molecule has 0 saturated heterocycles. The van der Waals surface area contributed by atoms with Crippen molar-refractivity contribution in [3.8, 4) is 0 Å². The molecule has 1 saturated carbocycles. The number of nitrogens with two attached hydrogens (primary N) is 1. The second kappa shape index (κ2) is 10.3. The molecule has 0 amide bonds. The van der Waals surface area contributed by atoms with Crippen LogP contribution in [0.25, 0.3) is 0 Å². The van der Waals surface area contributed by atoms with E-state index in [1.807, 2.05) is 13.8 Å². The fourth-order valence-electron chi connectivity index (χ4n) is 3.15. The monoisotopic (exact) mass is 332 g/mol. The predicted molar refractivity (Wildman–Crippen MR) is 87.7 cm³/mol. The maximum absolute atomic E-state index is 12.1. The number of hydrogen-bond acceptors (Lipinski definition) is 5.